The Balaban J connectivity index is 3.80. The van der Waals surface area contributed by atoms with E-state index in [0.717, 1.165) is 36.0 Å². The number of nitrogens with two attached hydrogens (primary N) is 1. The Hall–Kier alpha value is 0.660. The molecule has 5 nitrogen and oxygen atoms in total. The molecule has 0 aromatic carbocycles. The van der Waals surface area contributed by atoms with Crippen LogP contribution in [0.25, 0.3) is 0 Å². The Morgan fingerprint density at radius 2 is 1.04 bits per heavy atom. The lowest BCUT2D eigenvalue weighted by atomic mass is 10.0. The Kier molecular flexibility index (Phi) is 19.9. The number of hydrogen-bond acceptors (Lipinski definition) is 5. The molecule has 0 aliphatic heterocycles. The third-order valence-corrected chi connectivity index (χ3v) is 6.35. The van der Waals surface area contributed by atoms with Gasteiger partial charge in [0, 0.05) is 38.8 Å². The van der Waals surface area contributed by atoms with Crippen LogP contribution in [-0.4, -0.2) is 70.2 Å². The first kappa shape index (κ1) is 25.7. The minimum absolute atomic E-state index is 0.0276. The predicted molar refractivity (Wildman–Crippen MR) is 112 cm³/mol. The third-order valence-electron chi connectivity index (χ3n) is 3.82. The molecule has 0 spiro atoms. The van der Waals surface area contributed by atoms with Gasteiger partial charge in [-0.3, -0.25) is 0 Å². The van der Waals surface area contributed by atoms with E-state index in [1.54, 1.807) is 0 Å². The number of ether oxygens (including phenoxy) is 4. The summed E-state index contributed by atoms with van der Waals surface area (Å²) in [6.07, 6.45) is 6.83. The van der Waals surface area contributed by atoms with Crippen LogP contribution < -0.4 is 5.73 Å². The SMILES string of the molecule is CCOC(CPCCC(CN)CCPCC(OCC)OCC)OCC. The molecule has 0 amide bonds. The normalized spacial score (nSPS) is 14.0. The summed E-state index contributed by atoms with van der Waals surface area (Å²) in [7, 11) is 1.77. The van der Waals surface area contributed by atoms with Crippen LogP contribution in [0.2, 0.25) is 0 Å². The number of hydrogen-bond donors (Lipinski definition) is 1. The Morgan fingerprint density at radius 3 is 1.32 bits per heavy atom. The molecule has 0 aliphatic rings. The van der Waals surface area contributed by atoms with Crippen LogP contribution in [0.4, 0.5) is 0 Å². The highest BCUT2D eigenvalue weighted by Gasteiger charge is 2.11. The molecule has 0 rings (SSSR count). The highest BCUT2D eigenvalue weighted by Crippen LogP contribution is 2.23. The summed E-state index contributed by atoms with van der Waals surface area (Å²) in [4.78, 5) is 0. The van der Waals surface area contributed by atoms with Gasteiger partial charge in [0.15, 0.2) is 12.6 Å². The van der Waals surface area contributed by atoms with Gasteiger partial charge in [-0.25, -0.2) is 0 Å². The van der Waals surface area contributed by atoms with Crippen LogP contribution >= 0.6 is 17.2 Å². The van der Waals surface area contributed by atoms with Crippen molar-refractivity contribution in [2.24, 2.45) is 11.7 Å². The molecule has 0 bridgehead atoms. The van der Waals surface area contributed by atoms with Gasteiger partial charge in [0.25, 0.3) is 0 Å². The molecule has 152 valence electrons. The molecule has 0 saturated carbocycles. The molecule has 0 saturated heterocycles. The zero-order chi connectivity index (χ0) is 18.8. The van der Waals surface area contributed by atoms with Gasteiger partial charge in [-0.15, -0.1) is 17.2 Å². The molecule has 2 atom stereocenters. The monoisotopic (exact) mass is 397 g/mol. The second-order valence-electron chi connectivity index (χ2n) is 5.77. The fourth-order valence-corrected chi connectivity index (χ4v) is 5.08. The summed E-state index contributed by atoms with van der Waals surface area (Å²) >= 11 is 0. The van der Waals surface area contributed by atoms with E-state index in [0.29, 0.717) is 32.3 Å². The van der Waals surface area contributed by atoms with Gasteiger partial charge in [0.1, 0.15) is 0 Å². The summed E-state index contributed by atoms with van der Waals surface area (Å²) in [5, 5.41) is 0. The molecule has 0 fully saturated rings. The summed E-state index contributed by atoms with van der Waals surface area (Å²) < 4.78 is 22.4. The van der Waals surface area contributed by atoms with Crippen LogP contribution in [0.3, 0.4) is 0 Å². The maximum Gasteiger partial charge on any atom is 0.161 e. The van der Waals surface area contributed by atoms with Gasteiger partial charge in [0.05, 0.1) is 0 Å². The van der Waals surface area contributed by atoms with Crippen molar-refractivity contribution in [2.75, 3.05) is 57.6 Å². The first-order valence-electron chi connectivity index (χ1n) is 9.79. The van der Waals surface area contributed by atoms with Crippen molar-refractivity contribution >= 4 is 17.2 Å². The molecular formula is C18H41NO4P2. The van der Waals surface area contributed by atoms with Crippen molar-refractivity contribution < 1.29 is 18.9 Å². The standard InChI is InChI=1S/C18H41NO4P2/c1-5-20-17(21-6-2)14-24-11-9-16(13-19)10-12-25-15-18(22-7-3)23-8-4/h16-18,24-25H,5-15,19H2,1-4H3. The van der Waals surface area contributed by atoms with Crippen molar-refractivity contribution in [1.29, 1.82) is 0 Å². The molecule has 2 N–H and O–H groups in total. The van der Waals surface area contributed by atoms with Crippen molar-refractivity contribution in [3.8, 4) is 0 Å². The van der Waals surface area contributed by atoms with Crippen molar-refractivity contribution in [3.63, 3.8) is 0 Å². The lowest BCUT2D eigenvalue weighted by molar-refractivity contribution is -0.120. The highest BCUT2D eigenvalue weighted by molar-refractivity contribution is 7.38. The second-order valence-corrected chi connectivity index (χ2v) is 8.58. The highest BCUT2D eigenvalue weighted by atomic mass is 31.1. The summed E-state index contributed by atoms with van der Waals surface area (Å²) in [5.74, 6) is 0.635. The van der Waals surface area contributed by atoms with E-state index in [-0.39, 0.29) is 12.6 Å². The minimum Gasteiger partial charge on any atom is -0.353 e. The molecule has 0 radical (unpaired) electrons. The lowest BCUT2D eigenvalue weighted by Crippen LogP contribution is -2.21. The first-order valence-corrected chi connectivity index (χ1v) is 12.6. The maximum atomic E-state index is 5.96. The summed E-state index contributed by atoms with van der Waals surface area (Å²) in [6, 6.07) is 0. The Morgan fingerprint density at radius 1 is 0.680 bits per heavy atom. The molecule has 0 aliphatic carbocycles. The molecular weight excluding hydrogens is 356 g/mol. The zero-order valence-corrected chi connectivity index (χ0v) is 18.7. The first-order chi connectivity index (χ1) is 12.2. The quantitative estimate of drug-likeness (QED) is 0.205. The van der Waals surface area contributed by atoms with Gasteiger partial charge in [-0.1, -0.05) is 0 Å². The van der Waals surface area contributed by atoms with Gasteiger partial charge in [-0.05, 0) is 65.3 Å². The van der Waals surface area contributed by atoms with Gasteiger partial charge >= 0.3 is 0 Å². The van der Waals surface area contributed by atoms with E-state index in [1.807, 2.05) is 27.7 Å². The van der Waals surface area contributed by atoms with Crippen LogP contribution in [-0.2, 0) is 18.9 Å². The van der Waals surface area contributed by atoms with Crippen molar-refractivity contribution in [1.82, 2.24) is 0 Å². The van der Waals surface area contributed by atoms with Crippen LogP contribution in [0, 0.1) is 5.92 Å². The average molecular weight is 397 g/mol. The Bertz CT molecular complexity index is 239. The second kappa shape index (κ2) is 19.4. The van der Waals surface area contributed by atoms with Crippen LogP contribution in [0.5, 0.6) is 0 Å². The smallest absolute Gasteiger partial charge is 0.161 e. The van der Waals surface area contributed by atoms with Crippen molar-refractivity contribution in [3.05, 3.63) is 0 Å². The van der Waals surface area contributed by atoms with E-state index in [4.69, 9.17) is 24.7 Å². The zero-order valence-electron chi connectivity index (χ0n) is 16.7. The molecule has 0 aromatic rings. The summed E-state index contributed by atoms with van der Waals surface area (Å²) in [5.41, 5.74) is 5.96. The van der Waals surface area contributed by atoms with Gasteiger partial charge < -0.3 is 24.7 Å². The van der Waals surface area contributed by atoms with Gasteiger partial charge in [0.2, 0.25) is 0 Å². The predicted octanol–water partition coefficient (Wildman–Crippen LogP) is 3.50. The van der Waals surface area contributed by atoms with E-state index < -0.39 is 0 Å². The van der Waals surface area contributed by atoms with E-state index in [2.05, 4.69) is 0 Å². The fourth-order valence-electron chi connectivity index (χ4n) is 2.51. The topological polar surface area (TPSA) is 62.9 Å². The largest absolute Gasteiger partial charge is 0.353 e. The molecule has 25 heavy (non-hydrogen) atoms. The van der Waals surface area contributed by atoms with E-state index >= 15 is 0 Å². The van der Waals surface area contributed by atoms with Crippen molar-refractivity contribution in [2.45, 2.75) is 53.1 Å². The fraction of sp³-hybridized carbons (Fsp3) is 1.00. The molecule has 2 unspecified atom stereocenters. The van der Waals surface area contributed by atoms with Gasteiger partial charge in [-0.2, -0.15) is 0 Å². The average Bonchev–Trinajstić information content (AvgIpc) is 2.60. The van der Waals surface area contributed by atoms with E-state index in [1.165, 1.54) is 25.2 Å². The minimum atomic E-state index is -0.0276. The molecule has 0 heterocycles. The van der Waals surface area contributed by atoms with E-state index in [9.17, 15) is 0 Å². The van der Waals surface area contributed by atoms with Crippen LogP contribution in [0.15, 0.2) is 0 Å². The third kappa shape index (κ3) is 15.4. The maximum absolute atomic E-state index is 5.96. The number of rotatable bonds is 19. The molecule has 7 heteroatoms. The molecule has 0 aromatic heterocycles. The summed E-state index contributed by atoms with van der Waals surface area (Å²) in [6.45, 7) is 11.7. The van der Waals surface area contributed by atoms with Crippen LogP contribution in [0.1, 0.15) is 40.5 Å². The lowest BCUT2D eigenvalue weighted by Gasteiger charge is -2.19. The Labute approximate surface area is 159 Å².